The topological polar surface area (TPSA) is 95.1 Å². The van der Waals surface area contributed by atoms with Crippen LogP contribution in [0.2, 0.25) is 0 Å². The van der Waals surface area contributed by atoms with Gasteiger partial charge < -0.3 is 10.2 Å². The largest absolute Gasteiger partial charge is 0.369 e. The maximum atomic E-state index is 10.7. The minimum Gasteiger partial charge on any atom is -0.369 e. The molecule has 7 nitrogen and oxygen atoms in total. The van der Waals surface area contributed by atoms with Crippen molar-refractivity contribution in [3.8, 4) is 6.07 Å². The van der Waals surface area contributed by atoms with E-state index >= 15 is 0 Å². The lowest BCUT2D eigenvalue weighted by molar-refractivity contribution is -0.385. The van der Waals surface area contributed by atoms with Gasteiger partial charge in [-0.15, -0.1) is 0 Å². The molecule has 7 heteroatoms. The number of hydrogen-bond acceptors (Lipinski definition) is 6. The fourth-order valence-corrected chi connectivity index (χ4v) is 2.46. The first kappa shape index (κ1) is 14.2. The van der Waals surface area contributed by atoms with E-state index < -0.39 is 4.92 Å². The smallest absolute Gasteiger partial charge is 0.289 e. The molecule has 1 aliphatic heterocycles. The first-order chi connectivity index (χ1) is 9.60. The molecule has 1 unspecified atom stereocenters. The molecule has 1 aliphatic rings. The molecule has 0 saturated carbocycles. The van der Waals surface area contributed by atoms with Crippen molar-refractivity contribution in [2.75, 3.05) is 32.0 Å². The van der Waals surface area contributed by atoms with E-state index in [0.717, 1.165) is 26.1 Å². The van der Waals surface area contributed by atoms with Crippen LogP contribution >= 0.6 is 0 Å². The molecule has 1 saturated heterocycles. The second-order valence-electron chi connectivity index (χ2n) is 5.11. The second-order valence-corrected chi connectivity index (χ2v) is 5.11. The van der Waals surface area contributed by atoms with Crippen LogP contribution in [0.15, 0.2) is 12.3 Å². The minimum absolute atomic E-state index is 0.163. The summed E-state index contributed by atoms with van der Waals surface area (Å²) < 4.78 is 0. The molecule has 20 heavy (non-hydrogen) atoms. The molecule has 0 amide bonds. The van der Waals surface area contributed by atoms with Crippen molar-refractivity contribution in [3.63, 3.8) is 0 Å². The average Bonchev–Trinajstić information content (AvgIpc) is 2.45. The van der Waals surface area contributed by atoms with Crippen LogP contribution in [0.4, 0.5) is 11.5 Å². The van der Waals surface area contributed by atoms with Crippen LogP contribution in [0, 0.1) is 27.4 Å². The fraction of sp³-hybridized carbons (Fsp3) is 0.538. The molecular formula is C13H17N5O2. The van der Waals surface area contributed by atoms with Crippen molar-refractivity contribution in [3.05, 3.63) is 27.9 Å². The zero-order valence-electron chi connectivity index (χ0n) is 11.4. The van der Waals surface area contributed by atoms with E-state index in [1.54, 1.807) is 0 Å². The van der Waals surface area contributed by atoms with Gasteiger partial charge in [0, 0.05) is 19.2 Å². The van der Waals surface area contributed by atoms with E-state index in [0.29, 0.717) is 11.7 Å². The van der Waals surface area contributed by atoms with Crippen LogP contribution in [0.25, 0.3) is 0 Å². The van der Waals surface area contributed by atoms with Gasteiger partial charge in [0.05, 0.1) is 4.92 Å². The monoisotopic (exact) mass is 275 g/mol. The number of nitrogens with one attached hydrogen (secondary N) is 1. The van der Waals surface area contributed by atoms with Crippen molar-refractivity contribution >= 4 is 11.5 Å². The highest BCUT2D eigenvalue weighted by Gasteiger charge is 2.18. The zero-order chi connectivity index (χ0) is 14.5. The molecule has 1 aromatic heterocycles. The Morgan fingerprint density at radius 1 is 1.70 bits per heavy atom. The Morgan fingerprint density at radius 3 is 3.15 bits per heavy atom. The van der Waals surface area contributed by atoms with Crippen molar-refractivity contribution in [1.29, 1.82) is 5.26 Å². The van der Waals surface area contributed by atoms with E-state index in [1.165, 1.54) is 18.7 Å². The van der Waals surface area contributed by atoms with Gasteiger partial charge >= 0.3 is 0 Å². The molecule has 1 aromatic rings. The maximum Gasteiger partial charge on any atom is 0.289 e. The van der Waals surface area contributed by atoms with E-state index in [-0.39, 0.29) is 11.3 Å². The van der Waals surface area contributed by atoms with Crippen LogP contribution in [-0.4, -0.2) is 41.5 Å². The van der Waals surface area contributed by atoms with Gasteiger partial charge in [-0.3, -0.25) is 10.1 Å². The van der Waals surface area contributed by atoms with Gasteiger partial charge in [0.2, 0.25) is 0 Å². The number of aromatic nitrogens is 1. The number of rotatable bonds is 4. The number of likely N-dealkylation sites (tertiary alicyclic amines) is 1. The molecule has 1 fully saturated rings. The van der Waals surface area contributed by atoms with Crippen molar-refractivity contribution in [2.45, 2.75) is 12.8 Å². The molecule has 2 heterocycles. The Bertz CT molecular complexity index is 540. The number of hydrogen-bond donors (Lipinski definition) is 1. The quantitative estimate of drug-likeness (QED) is 0.662. The highest BCUT2D eigenvalue weighted by molar-refractivity contribution is 5.55. The summed E-state index contributed by atoms with van der Waals surface area (Å²) in [6.45, 7) is 2.86. The third-order valence-electron chi connectivity index (χ3n) is 3.48. The van der Waals surface area contributed by atoms with E-state index in [2.05, 4.69) is 22.2 Å². The summed E-state index contributed by atoms with van der Waals surface area (Å²) in [5, 5.41) is 22.8. The number of nitriles is 1. The van der Waals surface area contributed by atoms with Gasteiger partial charge in [-0.1, -0.05) is 0 Å². The van der Waals surface area contributed by atoms with Crippen molar-refractivity contribution in [2.24, 2.45) is 5.92 Å². The van der Waals surface area contributed by atoms with Crippen LogP contribution in [-0.2, 0) is 0 Å². The lowest BCUT2D eigenvalue weighted by Gasteiger charge is -2.29. The third kappa shape index (κ3) is 3.42. The summed E-state index contributed by atoms with van der Waals surface area (Å²) in [7, 11) is 2.09. The van der Waals surface area contributed by atoms with Crippen LogP contribution in [0.5, 0.6) is 0 Å². The Kier molecular flexibility index (Phi) is 4.48. The van der Waals surface area contributed by atoms with Gasteiger partial charge in [-0.2, -0.15) is 5.26 Å². The number of piperidine rings is 1. The van der Waals surface area contributed by atoms with Crippen LogP contribution in [0.1, 0.15) is 18.4 Å². The molecule has 1 N–H and O–H groups in total. The summed E-state index contributed by atoms with van der Waals surface area (Å²) in [5.74, 6) is 0.934. The van der Waals surface area contributed by atoms with Gasteiger partial charge in [0.15, 0.2) is 0 Å². The van der Waals surface area contributed by atoms with Crippen molar-refractivity contribution in [1.82, 2.24) is 9.88 Å². The van der Waals surface area contributed by atoms with Gasteiger partial charge in [0.1, 0.15) is 23.6 Å². The zero-order valence-corrected chi connectivity index (χ0v) is 11.4. The molecular weight excluding hydrogens is 258 g/mol. The molecule has 106 valence electrons. The van der Waals surface area contributed by atoms with Gasteiger partial charge in [-0.25, -0.2) is 4.98 Å². The lowest BCUT2D eigenvalue weighted by atomic mass is 9.98. The SMILES string of the molecule is CN1CCCC(CNc2ncc([N+](=O)[O-])cc2C#N)C1. The predicted molar refractivity (Wildman–Crippen MR) is 74.3 cm³/mol. The molecule has 0 aliphatic carbocycles. The predicted octanol–water partition coefficient (Wildman–Crippen LogP) is 1.62. The number of anilines is 1. The Balaban J connectivity index is 2.02. The molecule has 0 spiro atoms. The summed E-state index contributed by atoms with van der Waals surface area (Å²) in [4.78, 5) is 16.4. The Morgan fingerprint density at radius 2 is 2.50 bits per heavy atom. The lowest BCUT2D eigenvalue weighted by Crippen LogP contribution is -2.35. The Labute approximate surface area is 117 Å². The normalized spacial score (nSPS) is 19.3. The van der Waals surface area contributed by atoms with E-state index in [9.17, 15) is 10.1 Å². The minimum atomic E-state index is -0.548. The molecule has 1 atom stereocenters. The van der Waals surface area contributed by atoms with Crippen molar-refractivity contribution < 1.29 is 4.92 Å². The number of nitrogens with zero attached hydrogens (tertiary/aromatic N) is 4. The number of nitro groups is 1. The van der Waals surface area contributed by atoms with E-state index in [4.69, 9.17) is 5.26 Å². The maximum absolute atomic E-state index is 10.7. The Hall–Kier alpha value is -2.20. The third-order valence-corrected chi connectivity index (χ3v) is 3.48. The number of pyridine rings is 1. The van der Waals surface area contributed by atoms with Gasteiger partial charge in [-0.05, 0) is 32.4 Å². The van der Waals surface area contributed by atoms with E-state index in [1.807, 2.05) is 6.07 Å². The van der Waals surface area contributed by atoms with Crippen LogP contribution < -0.4 is 5.32 Å². The first-order valence-electron chi connectivity index (χ1n) is 6.57. The highest BCUT2D eigenvalue weighted by atomic mass is 16.6. The molecule has 2 rings (SSSR count). The molecule has 0 radical (unpaired) electrons. The summed E-state index contributed by atoms with van der Waals surface area (Å²) in [6.07, 6.45) is 3.49. The second kappa shape index (κ2) is 6.30. The molecule has 0 aromatic carbocycles. The first-order valence-corrected chi connectivity index (χ1v) is 6.57. The molecule has 0 bridgehead atoms. The van der Waals surface area contributed by atoms with Gasteiger partial charge in [0.25, 0.3) is 5.69 Å². The highest BCUT2D eigenvalue weighted by Crippen LogP contribution is 2.20. The fourth-order valence-electron chi connectivity index (χ4n) is 2.46. The average molecular weight is 275 g/mol. The summed E-state index contributed by atoms with van der Waals surface area (Å²) in [5.41, 5.74) is 0.0489. The van der Waals surface area contributed by atoms with Crippen LogP contribution in [0.3, 0.4) is 0 Å². The standard InChI is InChI=1S/C13H17N5O2/c1-17-4-2-3-10(9-17)7-15-13-11(6-14)5-12(8-16-13)18(19)20/h5,8,10H,2-4,7,9H2,1H3,(H,15,16). The summed E-state index contributed by atoms with van der Waals surface area (Å²) in [6, 6.07) is 3.20. The summed E-state index contributed by atoms with van der Waals surface area (Å²) >= 11 is 0.